The Labute approximate surface area is 89.9 Å². The zero-order chi connectivity index (χ0) is 11.4. The number of aromatic amines is 1. The van der Waals surface area contributed by atoms with Gasteiger partial charge < -0.3 is 15.8 Å². The Balaban J connectivity index is 2.88. The summed E-state index contributed by atoms with van der Waals surface area (Å²) >= 11 is 0.979. The lowest BCUT2D eigenvalue weighted by molar-refractivity contribution is -0.136. The van der Waals surface area contributed by atoms with Crippen LogP contribution in [0.2, 0.25) is 0 Å². The van der Waals surface area contributed by atoms with Crippen molar-refractivity contribution < 1.29 is 9.90 Å². The van der Waals surface area contributed by atoms with Crippen LogP contribution < -0.4 is 11.3 Å². The van der Waals surface area contributed by atoms with Crippen LogP contribution in [0, 0.1) is 0 Å². The molecule has 6 nitrogen and oxygen atoms in total. The van der Waals surface area contributed by atoms with E-state index >= 15 is 0 Å². The maximum absolute atomic E-state index is 11.0. The molecule has 0 aromatic carbocycles. The highest BCUT2D eigenvalue weighted by Crippen LogP contribution is 2.21. The summed E-state index contributed by atoms with van der Waals surface area (Å²) in [4.78, 5) is 28.0. The van der Waals surface area contributed by atoms with Gasteiger partial charge in [-0.05, 0) is 6.42 Å². The number of hydrogen-bond donors (Lipinski definition) is 3. The van der Waals surface area contributed by atoms with Crippen LogP contribution in [0.15, 0.2) is 16.0 Å². The normalized spacial score (nSPS) is 12.3. The lowest BCUT2D eigenvalue weighted by Gasteiger charge is -2.07. The second-order valence-corrected chi connectivity index (χ2v) is 4.02. The number of nitrogen functional groups attached to an aromatic ring is 1. The van der Waals surface area contributed by atoms with Crippen molar-refractivity contribution in [3.05, 3.63) is 16.4 Å². The first kappa shape index (κ1) is 11.6. The summed E-state index contributed by atoms with van der Waals surface area (Å²) in [5.74, 6) is -0.853. The average molecular weight is 229 g/mol. The van der Waals surface area contributed by atoms with Gasteiger partial charge in [0.05, 0.1) is 0 Å². The minimum atomic E-state index is -0.937. The van der Waals surface area contributed by atoms with Crippen LogP contribution in [-0.2, 0) is 4.79 Å². The number of nitrogens with one attached hydrogen (secondary N) is 1. The number of rotatable bonds is 4. The molecular weight excluding hydrogens is 218 g/mol. The van der Waals surface area contributed by atoms with Crippen molar-refractivity contribution in [2.75, 3.05) is 5.73 Å². The van der Waals surface area contributed by atoms with E-state index in [4.69, 9.17) is 10.8 Å². The molecule has 1 aromatic rings. The highest BCUT2D eigenvalue weighted by atomic mass is 32.2. The van der Waals surface area contributed by atoms with Gasteiger partial charge in [0.1, 0.15) is 11.1 Å². The highest BCUT2D eigenvalue weighted by molar-refractivity contribution is 8.00. The molecule has 15 heavy (non-hydrogen) atoms. The Morgan fingerprint density at radius 3 is 2.93 bits per heavy atom. The van der Waals surface area contributed by atoms with Crippen LogP contribution in [0.5, 0.6) is 0 Å². The van der Waals surface area contributed by atoms with Gasteiger partial charge in [-0.25, -0.2) is 4.98 Å². The van der Waals surface area contributed by atoms with E-state index in [1.807, 2.05) is 0 Å². The Bertz CT molecular complexity index is 418. The lowest BCUT2D eigenvalue weighted by Crippen LogP contribution is -2.17. The summed E-state index contributed by atoms with van der Waals surface area (Å²) < 4.78 is 0. The van der Waals surface area contributed by atoms with Crippen LogP contribution in [0.25, 0.3) is 0 Å². The summed E-state index contributed by atoms with van der Waals surface area (Å²) in [6.45, 7) is 1.75. The molecule has 0 bridgehead atoms. The van der Waals surface area contributed by atoms with Gasteiger partial charge in [0, 0.05) is 6.07 Å². The summed E-state index contributed by atoms with van der Waals surface area (Å²) in [5, 5.41) is 8.40. The number of aromatic nitrogens is 2. The van der Waals surface area contributed by atoms with Crippen molar-refractivity contribution in [2.24, 2.45) is 0 Å². The van der Waals surface area contributed by atoms with Crippen LogP contribution >= 0.6 is 11.8 Å². The Hall–Kier alpha value is -1.50. The van der Waals surface area contributed by atoms with Crippen molar-refractivity contribution in [1.29, 1.82) is 0 Å². The van der Waals surface area contributed by atoms with Crippen LogP contribution in [-0.4, -0.2) is 26.3 Å². The number of carboxylic acid groups (broad SMARTS) is 1. The van der Waals surface area contributed by atoms with E-state index in [0.717, 1.165) is 17.8 Å². The Morgan fingerprint density at radius 1 is 1.80 bits per heavy atom. The molecule has 1 rings (SSSR count). The molecule has 0 spiro atoms. The molecule has 0 unspecified atom stereocenters. The van der Waals surface area contributed by atoms with Crippen molar-refractivity contribution in [3.63, 3.8) is 0 Å². The predicted molar refractivity (Wildman–Crippen MR) is 56.8 cm³/mol. The second-order valence-electron chi connectivity index (χ2n) is 2.83. The Morgan fingerprint density at radius 2 is 2.47 bits per heavy atom. The minimum absolute atomic E-state index is 0.0847. The SMILES string of the molecule is CC[C@@H](Sc1nc(N)cc(=O)[nH]1)C(=O)O. The third kappa shape index (κ3) is 3.28. The average Bonchev–Trinajstić information content (AvgIpc) is 2.12. The molecule has 4 N–H and O–H groups in total. The number of aliphatic carboxylic acids is 1. The van der Waals surface area contributed by atoms with Crippen LogP contribution in [0.1, 0.15) is 13.3 Å². The first-order valence-corrected chi connectivity index (χ1v) is 5.17. The predicted octanol–water partition coefficient (Wildman–Crippen LogP) is 0.307. The first-order valence-electron chi connectivity index (χ1n) is 4.29. The molecule has 0 aliphatic rings. The molecule has 82 valence electrons. The third-order valence-corrected chi connectivity index (χ3v) is 2.88. The largest absolute Gasteiger partial charge is 0.480 e. The number of hydrogen-bond acceptors (Lipinski definition) is 5. The molecular formula is C8H11N3O3S. The molecule has 0 amide bonds. The number of anilines is 1. The summed E-state index contributed by atoms with van der Waals surface area (Å²) in [5.41, 5.74) is 4.98. The van der Waals surface area contributed by atoms with E-state index in [-0.39, 0.29) is 16.5 Å². The fourth-order valence-electron chi connectivity index (χ4n) is 0.952. The number of nitrogens with zero attached hydrogens (tertiary/aromatic N) is 1. The van der Waals surface area contributed by atoms with E-state index in [1.165, 1.54) is 0 Å². The van der Waals surface area contributed by atoms with E-state index in [1.54, 1.807) is 6.92 Å². The lowest BCUT2D eigenvalue weighted by atomic mass is 10.3. The standard InChI is InChI=1S/C8H11N3O3S/c1-2-4(7(13)14)15-8-10-5(9)3-6(12)11-8/h3-4H,2H2,1H3,(H,13,14)(H3,9,10,11,12)/t4-/m1/s1. The van der Waals surface area contributed by atoms with Gasteiger partial charge in [-0.2, -0.15) is 0 Å². The fraction of sp³-hybridized carbons (Fsp3) is 0.375. The number of H-pyrrole nitrogens is 1. The smallest absolute Gasteiger partial charge is 0.317 e. The van der Waals surface area contributed by atoms with E-state index in [0.29, 0.717) is 6.42 Å². The summed E-state index contributed by atoms with van der Waals surface area (Å²) in [7, 11) is 0. The van der Waals surface area contributed by atoms with Gasteiger partial charge in [0.15, 0.2) is 5.16 Å². The molecule has 1 atom stereocenters. The summed E-state index contributed by atoms with van der Waals surface area (Å²) in [6, 6.07) is 1.14. The second kappa shape index (κ2) is 4.83. The number of carboxylic acids is 1. The zero-order valence-electron chi connectivity index (χ0n) is 8.06. The molecule has 0 aliphatic carbocycles. The number of carbonyl (C=O) groups is 1. The van der Waals surface area contributed by atoms with Crippen molar-refractivity contribution in [1.82, 2.24) is 9.97 Å². The maximum Gasteiger partial charge on any atom is 0.317 e. The topological polar surface area (TPSA) is 109 Å². The van der Waals surface area contributed by atoms with Gasteiger partial charge in [0.25, 0.3) is 5.56 Å². The first-order chi connectivity index (χ1) is 7.02. The summed E-state index contributed by atoms with van der Waals surface area (Å²) in [6.07, 6.45) is 0.443. The van der Waals surface area contributed by atoms with Gasteiger partial charge in [-0.3, -0.25) is 9.59 Å². The van der Waals surface area contributed by atoms with Crippen LogP contribution in [0.3, 0.4) is 0 Å². The van der Waals surface area contributed by atoms with Crippen molar-refractivity contribution >= 4 is 23.5 Å². The zero-order valence-corrected chi connectivity index (χ0v) is 8.87. The highest BCUT2D eigenvalue weighted by Gasteiger charge is 2.17. The Kier molecular flexibility index (Phi) is 3.73. The maximum atomic E-state index is 11.0. The monoisotopic (exact) mass is 229 g/mol. The molecule has 0 saturated heterocycles. The van der Waals surface area contributed by atoms with Gasteiger partial charge >= 0.3 is 5.97 Å². The van der Waals surface area contributed by atoms with E-state index < -0.39 is 11.2 Å². The van der Waals surface area contributed by atoms with Crippen LogP contribution in [0.4, 0.5) is 5.82 Å². The molecule has 0 radical (unpaired) electrons. The van der Waals surface area contributed by atoms with Crippen molar-refractivity contribution in [3.8, 4) is 0 Å². The number of thioether (sulfide) groups is 1. The molecule has 1 aromatic heterocycles. The molecule has 0 aliphatic heterocycles. The minimum Gasteiger partial charge on any atom is -0.480 e. The van der Waals surface area contributed by atoms with Gasteiger partial charge in [0.2, 0.25) is 0 Å². The van der Waals surface area contributed by atoms with Crippen molar-refractivity contribution in [2.45, 2.75) is 23.8 Å². The molecule has 7 heteroatoms. The molecule has 1 heterocycles. The fourth-order valence-corrected chi connectivity index (χ4v) is 1.81. The third-order valence-electron chi connectivity index (χ3n) is 1.64. The van der Waals surface area contributed by atoms with Gasteiger partial charge in [-0.1, -0.05) is 18.7 Å². The number of nitrogens with two attached hydrogens (primary N) is 1. The van der Waals surface area contributed by atoms with Gasteiger partial charge in [-0.15, -0.1) is 0 Å². The quantitative estimate of drug-likeness (QED) is 0.506. The molecule has 0 fully saturated rings. The molecule has 0 saturated carbocycles. The van der Waals surface area contributed by atoms with E-state index in [9.17, 15) is 9.59 Å². The van der Waals surface area contributed by atoms with E-state index in [2.05, 4.69) is 9.97 Å².